The lowest BCUT2D eigenvalue weighted by Crippen LogP contribution is -2.08. The van der Waals surface area contributed by atoms with Gasteiger partial charge in [-0.2, -0.15) is 13.2 Å². The number of anilines is 2. The van der Waals surface area contributed by atoms with Crippen LogP contribution in [-0.4, -0.2) is 12.1 Å². The van der Waals surface area contributed by atoms with Gasteiger partial charge in [-0.05, 0) is 12.1 Å². The zero-order valence-corrected chi connectivity index (χ0v) is 9.28. The monoisotopic (exact) mass is 258 g/mol. The predicted molar refractivity (Wildman–Crippen MR) is 57.8 cm³/mol. The first-order chi connectivity index (χ1) is 8.52. The molecule has 2 aromatic rings. The van der Waals surface area contributed by atoms with Gasteiger partial charge in [-0.25, -0.2) is 4.98 Å². The van der Waals surface area contributed by atoms with E-state index in [2.05, 4.69) is 10.3 Å². The van der Waals surface area contributed by atoms with Gasteiger partial charge < -0.3 is 14.5 Å². The first-order valence-corrected chi connectivity index (χ1v) is 4.93. The fourth-order valence-electron chi connectivity index (χ4n) is 1.48. The number of para-hydroxylation sites is 1. The Morgan fingerprint density at radius 3 is 2.67 bits per heavy atom. The topological polar surface area (TPSA) is 47.3 Å². The number of hydrogen-bond donors (Lipinski definition) is 1. The fraction of sp³-hybridized carbons (Fsp3) is 0.182. The summed E-state index contributed by atoms with van der Waals surface area (Å²) in [5.74, 6) is -0.303. The Hall–Kier alpha value is -2.18. The Morgan fingerprint density at radius 1 is 1.33 bits per heavy atom. The summed E-state index contributed by atoms with van der Waals surface area (Å²) in [7, 11) is 1.17. The number of halogens is 3. The summed E-state index contributed by atoms with van der Waals surface area (Å²) in [6.07, 6.45) is -1.80. The van der Waals surface area contributed by atoms with Gasteiger partial charge in [0, 0.05) is 0 Å². The largest absolute Gasteiger partial charge is 0.494 e. The number of hydrogen-bond acceptors (Lipinski definition) is 4. The molecule has 2 rings (SSSR count). The maximum Gasteiger partial charge on any atom is 0.420 e. The average Bonchev–Trinajstić information content (AvgIpc) is 2.80. The standard InChI is InChI=1S/C11H9F3N2O2/c1-17-9-7(11(12,13)14)3-2-4-8(9)16-10-15-5-6-18-10/h2-6H,1H3,(H,15,16). The number of rotatable bonds is 3. The van der Waals surface area contributed by atoms with Crippen LogP contribution in [0.1, 0.15) is 5.56 Å². The second-order valence-electron chi connectivity index (χ2n) is 3.35. The minimum atomic E-state index is -4.49. The van der Waals surface area contributed by atoms with E-state index in [1.807, 2.05) is 0 Å². The third-order valence-electron chi connectivity index (χ3n) is 2.20. The maximum atomic E-state index is 12.7. The van der Waals surface area contributed by atoms with Crippen molar-refractivity contribution in [1.82, 2.24) is 4.98 Å². The van der Waals surface area contributed by atoms with Gasteiger partial charge in [0.25, 0.3) is 6.01 Å². The highest BCUT2D eigenvalue weighted by Gasteiger charge is 2.35. The van der Waals surface area contributed by atoms with Gasteiger partial charge in [0.1, 0.15) is 6.26 Å². The van der Waals surface area contributed by atoms with Crippen molar-refractivity contribution in [2.75, 3.05) is 12.4 Å². The van der Waals surface area contributed by atoms with Gasteiger partial charge in [-0.15, -0.1) is 0 Å². The van der Waals surface area contributed by atoms with Gasteiger partial charge >= 0.3 is 6.18 Å². The van der Waals surface area contributed by atoms with Crippen LogP contribution >= 0.6 is 0 Å². The van der Waals surface area contributed by atoms with E-state index < -0.39 is 11.7 Å². The molecular formula is C11H9F3N2O2. The zero-order chi connectivity index (χ0) is 13.2. The number of oxazole rings is 1. The molecule has 0 spiro atoms. The van der Waals surface area contributed by atoms with Crippen LogP contribution in [0.15, 0.2) is 35.1 Å². The van der Waals surface area contributed by atoms with E-state index in [9.17, 15) is 13.2 Å². The molecule has 7 heteroatoms. The highest BCUT2D eigenvalue weighted by molar-refractivity contribution is 5.65. The lowest BCUT2D eigenvalue weighted by molar-refractivity contribution is -0.138. The molecule has 0 aliphatic heterocycles. The summed E-state index contributed by atoms with van der Waals surface area (Å²) < 4.78 is 47.9. The number of nitrogens with one attached hydrogen (secondary N) is 1. The first kappa shape index (κ1) is 12.3. The van der Waals surface area contributed by atoms with Gasteiger partial charge in [0.05, 0.1) is 24.6 Å². The number of alkyl halides is 3. The molecule has 1 heterocycles. The van der Waals surface area contributed by atoms with Crippen molar-refractivity contribution in [1.29, 1.82) is 0 Å². The van der Waals surface area contributed by atoms with Crippen LogP contribution in [0.25, 0.3) is 0 Å². The van der Waals surface area contributed by atoms with Crippen LogP contribution in [0.5, 0.6) is 5.75 Å². The molecule has 0 saturated carbocycles. The van der Waals surface area contributed by atoms with E-state index in [1.165, 1.54) is 31.7 Å². The molecule has 0 radical (unpaired) electrons. The van der Waals surface area contributed by atoms with Crippen molar-refractivity contribution in [3.05, 3.63) is 36.2 Å². The second-order valence-corrected chi connectivity index (χ2v) is 3.35. The molecule has 0 aliphatic carbocycles. The number of aromatic nitrogens is 1. The molecule has 0 saturated heterocycles. The van der Waals surface area contributed by atoms with Crippen LogP contribution in [-0.2, 0) is 6.18 Å². The van der Waals surface area contributed by atoms with Gasteiger partial charge in [0.2, 0.25) is 0 Å². The van der Waals surface area contributed by atoms with E-state index in [1.54, 1.807) is 0 Å². The Balaban J connectivity index is 2.42. The molecule has 96 valence electrons. The van der Waals surface area contributed by atoms with Gasteiger partial charge in [-0.1, -0.05) is 6.07 Å². The molecule has 1 N–H and O–H groups in total. The number of ether oxygens (including phenoxy) is 1. The van der Waals surface area contributed by atoms with E-state index in [4.69, 9.17) is 9.15 Å². The SMILES string of the molecule is COc1c(Nc2ncco2)cccc1C(F)(F)F. The molecule has 0 atom stereocenters. The summed E-state index contributed by atoms with van der Waals surface area (Å²) in [6, 6.07) is 3.75. The van der Waals surface area contributed by atoms with Crippen molar-refractivity contribution >= 4 is 11.7 Å². The molecule has 0 amide bonds. The highest BCUT2D eigenvalue weighted by Crippen LogP contribution is 2.40. The second kappa shape index (κ2) is 4.59. The third-order valence-corrected chi connectivity index (χ3v) is 2.20. The third kappa shape index (κ3) is 2.39. The van der Waals surface area contributed by atoms with Crippen molar-refractivity contribution in [2.24, 2.45) is 0 Å². The molecule has 4 nitrogen and oxygen atoms in total. The smallest absolute Gasteiger partial charge is 0.420 e. The van der Waals surface area contributed by atoms with Crippen LogP contribution in [0.3, 0.4) is 0 Å². The Bertz CT molecular complexity index is 524. The van der Waals surface area contributed by atoms with Crippen molar-refractivity contribution in [2.45, 2.75) is 6.18 Å². The van der Waals surface area contributed by atoms with E-state index >= 15 is 0 Å². The van der Waals surface area contributed by atoms with Gasteiger partial charge in [-0.3, -0.25) is 0 Å². The lowest BCUT2D eigenvalue weighted by Gasteiger charge is -2.15. The van der Waals surface area contributed by atoms with Crippen LogP contribution in [0, 0.1) is 0 Å². The molecule has 0 aliphatic rings. The average molecular weight is 258 g/mol. The van der Waals surface area contributed by atoms with Crippen molar-refractivity contribution < 1.29 is 22.3 Å². The molecule has 1 aromatic carbocycles. The maximum absolute atomic E-state index is 12.7. The van der Waals surface area contributed by atoms with E-state index in [0.717, 1.165) is 6.07 Å². The molecular weight excluding hydrogens is 249 g/mol. The summed E-state index contributed by atoms with van der Waals surface area (Å²) >= 11 is 0. The van der Waals surface area contributed by atoms with E-state index in [0.29, 0.717) is 0 Å². The minimum Gasteiger partial charge on any atom is -0.494 e. The quantitative estimate of drug-likeness (QED) is 0.916. The molecule has 18 heavy (non-hydrogen) atoms. The van der Waals surface area contributed by atoms with Crippen LogP contribution in [0.2, 0.25) is 0 Å². The lowest BCUT2D eigenvalue weighted by atomic mass is 10.1. The van der Waals surface area contributed by atoms with Crippen molar-refractivity contribution in [3.63, 3.8) is 0 Å². The molecule has 0 bridgehead atoms. The van der Waals surface area contributed by atoms with Crippen molar-refractivity contribution in [3.8, 4) is 5.75 Å². The summed E-state index contributed by atoms with van der Waals surface area (Å²) in [4.78, 5) is 3.76. The highest BCUT2D eigenvalue weighted by atomic mass is 19.4. The van der Waals surface area contributed by atoms with E-state index in [-0.39, 0.29) is 17.5 Å². The van der Waals surface area contributed by atoms with Crippen LogP contribution < -0.4 is 10.1 Å². The molecule has 0 fully saturated rings. The van der Waals surface area contributed by atoms with Gasteiger partial charge in [0.15, 0.2) is 5.75 Å². The molecule has 1 aromatic heterocycles. The number of nitrogens with zero attached hydrogens (tertiary/aromatic N) is 1. The predicted octanol–water partition coefficient (Wildman–Crippen LogP) is 3.45. The van der Waals surface area contributed by atoms with Crippen LogP contribution in [0.4, 0.5) is 24.9 Å². The summed E-state index contributed by atoms with van der Waals surface area (Å²) in [5, 5.41) is 2.61. The Kier molecular flexibility index (Phi) is 3.14. The minimum absolute atomic E-state index is 0.0904. The summed E-state index contributed by atoms with van der Waals surface area (Å²) in [5.41, 5.74) is -0.726. The number of methoxy groups -OCH3 is 1. The Labute approximate surface area is 100 Å². The normalized spacial score (nSPS) is 11.3. The Morgan fingerprint density at radius 2 is 2.11 bits per heavy atom. The summed E-state index contributed by atoms with van der Waals surface area (Å²) in [6.45, 7) is 0. The molecule has 0 unspecified atom stereocenters. The zero-order valence-electron chi connectivity index (χ0n) is 9.28. The first-order valence-electron chi connectivity index (χ1n) is 4.93. The fourth-order valence-corrected chi connectivity index (χ4v) is 1.48. The number of benzene rings is 1.